The maximum atomic E-state index is 6.11. The Labute approximate surface area is 177 Å². The van der Waals surface area contributed by atoms with Gasteiger partial charge < -0.3 is 9.64 Å². The van der Waals surface area contributed by atoms with Crippen LogP contribution in [0.2, 0.25) is 0 Å². The predicted molar refractivity (Wildman–Crippen MR) is 124 cm³/mol. The van der Waals surface area contributed by atoms with Crippen LogP contribution in [-0.2, 0) is 16.7 Å². The van der Waals surface area contributed by atoms with Gasteiger partial charge >= 0.3 is 0 Å². The summed E-state index contributed by atoms with van der Waals surface area (Å²) in [4.78, 5) is 4.75. The smallest absolute Gasteiger partial charge is 0.0635 e. The third-order valence-corrected chi connectivity index (χ3v) is 6.44. The van der Waals surface area contributed by atoms with Gasteiger partial charge in [0.25, 0.3) is 0 Å². The van der Waals surface area contributed by atoms with Gasteiger partial charge in [0, 0.05) is 38.3 Å². The van der Waals surface area contributed by atoms with E-state index in [1.165, 1.54) is 23.2 Å². The van der Waals surface area contributed by atoms with Crippen LogP contribution >= 0.6 is 0 Å². The van der Waals surface area contributed by atoms with Crippen LogP contribution in [0.15, 0.2) is 54.6 Å². The number of hydrogen-bond acceptors (Lipinski definition) is 3. The molecule has 0 saturated carbocycles. The minimum atomic E-state index is -0.0745. The van der Waals surface area contributed by atoms with Gasteiger partial charge in [-0.3, -0.25) is 4.90 Å². The molecule has 3 rings (SSSR count). The molecule has 3 heteroatoms. The van der Waals surface area contributed by atoms with Crippen molar-refractivity contribution in [1.82, 2.24) is 4.90 Å². The first-order chi connectivity index (χ1) is 13.8. The Morgan fingerprint density at radius 3 is 2.24 bits per heavy atom. The molecule has 0 amide bonds. The van der Waals surface area contributed by atoms with Crippen LogP contribution in [0.4, 0.5) is 5.69 Å². The summed E-state index contributed by atoms with van der Waals surface area (Å²) < 4.78 is 6.11. The van der Waals surface area contributed by atoms with Crippen molar-refractivity contribution in [2.24, 2.45) is 0 Å². The molecule has 2 aromatic rings. The lowest BCUT2D eigenvalue weighted by atomic mass is 9.67. The van der Waals surface area contributed by atoms with E-state index < -0.39 is 0 Å². The zero-order valence-corrected chi connectivity index (χ0v) is 18.9. The minimum absolute atomic E-state index is 0.0745. The van der Waals surface area contributed by atoms with Crippen LogP contribution < -0.4 is 4.90 Å². The molecule has 1 heterocycles. The Morgan fingerprint density at radius 2 is 1.66 bits per heavy atom. The summed E-state index contributed by atoms with van der Waals surface area (Å²) in [5, 5.41) is 0. The van der Waals surface area contributed by atoms with E-state index in [0.717, 1.165) is 39.1 Å². The van der Waals surface area contributed by atoms with Gasteiger partial charge in [0.2, 0.25) is 0 Å². The third-order valence-electron chi connectivity index (χ3n) is 6.44. The monoisotopic (exact) mass is 394 g/mol. The van der Waals surface area contributed by atoms with Crippen molar-refractivity contribution < 1.29 is 4.74 Å². The summed E-state index contributed by atoms with van der Waals surface area (Å²) in [6, 6.07) is 20.1. The summed E-state index contributed by atoms with van der Waals surface area (Å²) in [7, 11) is 4.20. The number of benzene rings is 2. The van der Waals surface area contributed by atoms with Crippen LogP contribution in [0.25, 0.3) is 0 Å². The highest BCUT2D eigenvalue weighted by molar-refractivity contribution is 5.47. The molecular weight excluding hydrogens is 356 g/mol. The molecule has 0 radical (unpaired) electrons. The quantitative estimate of drug-likeness (QED) is 0.589. The van der Waals surface area contributed by atoms with E-state index in [4.69, 9.17) is 4.74 Å². The van der Waals surface area contributed by atoms with Crippen molar-refractivity contribution >= 4 is 5.69 Å². The van der Waals surface area contributed by atoms with Crippen molar-refractivity contribution in [1.29, 1.82) is 0 Å². The molecule has 1 unspecified atom stereocenters. The maximum Gasteiger partial charge on any atom is 0.0635 e. The van der Waals surface area contributed by atoms with Crippen LogP contribution in [0.5, 0.6) is 0 Å². The van der Waals surface area contributed by atoms with Crippen LogP contribution in [0, 0.1) is 0 Å². The van der Waals surface area contributed by atoms with Crippen LogP contribution in [-0.4, -0.2) is 44.3 Å². The number of ether oxygens (including phenoxy) is 1. The molecule has 0 N–H and O–H groups in total. The Balaban J connectivity index is 1.80. The zero-order chi connectivity index (χ0) is 20.9. The van der Waals surface area contributed by atoms with Crippen molar-refractivity contribution in [3.05, 3.63) is 65.7 Å². The van der Waals surface area contributed by atoms with Gasteiger partial charge in [-0.25, -0.2) is 0 Å². The average molecular weight is 395 g/mol. The van der Waals surface area contributed by atoms with E-state index in [9.17, 15) is 0 Å². The van der Waals surface area contributed by atoms with E-state index in [2.05, 4.69) is 99.3 Å². The summed E-state index contributed by atoms with van der Waals surface area (Å²) in [6.07, 6.45) is 3.34. The number of nitrogens with zero attached hydrogens (tertiary/aromatic N) is 2. The highest BCUT2D eigenvalue weighted by Crippen LogP contribution is 2.44. The first-order valence-electron chi connectivity index (χ1n) is 11.0. The number of rotatable bonds is 8. The highest BCUT2D eigenvalue weighted by atomic mass is 16.5. The second kappa shape index (κ2) is 9.32. The Bertz CT molecular complexity index is 754. The summed E-state index contributed by atoms with van der Waals surface area (Å²) in [6.45, 7) is 10.8. The Hall–Kier alpha value is -1.84. The minimum Gasteiger partial charge on any atom is -0.378 e. The number of hydrogen-bond donors (Lipinski definition) is 0. The van der Waals surface area contributed by atoms with Crippen molar-refractivity contribution in [3.63, 3.8) is 0 Å². The zero-order valence-electron chi connectivity index (χ0n) is 18.9. The summed E-state index contributed by atoms with van der Waals surface area (Å²) in [5.41, 5.74) is 4.22. The van der Waals surface area contributed by atoms with E-state index in [-0.39, 0.29) is 11.0 Å². The first kappa shape index (κ1) is 21.9. The lowest BCUT2D eigenvalue weighted by Crippen LogP contribution is -2.45. The molecule has 1 atom stereocenters. The predicted octanol–water partition coefficient (Wildman–Crippen LogP) is 5.49. The van der Waals surface area contributed by atoms with E-state index >= 15 is 0 Å². The van der Waals surface area contributed by atoms with Crippen molar-refractivity contribution in [3.8, 4) is 0 Å². The van der Waals surface area contributed by atoms with Gasteiger partial charge in [-0.05, 0) is 69.5 Å². The lowest BCUT2D eigenvalue weighted by molar-refractivity contribution is -0.0853. The van der Waals surface area contributed by atoms with E-state index in [0.29, 0.717) is 0 Å². The molecule has 0 spiro atoms. The average Bonchev–Trinajstić information content (AvgIpc) is 2.71. The Morgan fingerprint density at radius 1 is 0.966 bits per heavy atom. The molecule has 2 aromatic carbocycles. The summed E-state index contributed by atoms with van der Waals surface area (Å²) >= 11 is 0. The normalized spacial score (nSPS) is 21.3. The molecule has 1 fully saturated rings. The molecule has 0 aromatic heterocycles. The van der Waals surface area contributed by atoms with Gasteiger partial charge in [0.15, 0.2) is 0 Å². The van der Waals surface area contributed by atoms with Crippen molar-refractivity contribution in [2.45, 2.75) is 57.6 Å². The first-order valence-corrected chi connectivity index (χ1v) is 11.0. The van der Waals surface area contributed by atoms with Crippen LogP contribution in [0.3, 0.4) is 0 Å². The fourth-order valence-corrected chi connectivity index (χ4v) is 4.76. The fraction of sp³-hybridized carbons (Fsp3) is 0.538. The molecule has 1 aliphatic rings. The number of anilines is 1. The van der Waals surface area contributed by atoms with E-state index in [1.807, 2.05) is 0 Å². The second-order valence-corrected chi connectivity index (χ2v) is 9.36. The molecule has 3 nitrogen and oxygen atoms in total. The van der Waals surface area contributed by atoms with Gasteiger partial charge in [-0.15, -0.1) is 0 Å². The molecule has 29 heavy (non-hydrogen) atoms. The van der Waals surface area contributed by atoms with Crippen LogP contribution in [0.1, 0.15) is 51.2 Å². The molecule has 158 valence electrons. The fourth-order valence-electron chi connectivity index (χ4n) is 4.76. The van der Waals surface area contributed by atoms with Gasteiger partial charge in [-0.1, -0.05) is 49.4 Å². The van der Waals surface area contributed by atoms with Gasteiger partial charge in [0.1, 0.15) is 0 Å². The molecule has 0 aliphatic carbocycles. The molecular formula is C26H38N2O. The lowest BCUT2D eigenvalue weighted by Gasteiger charge is -2.46. The molecule has 1 aliphatic heterocycles. The van der Waals surface area contributed by atoms with Gasteiger partial charge in [-0.2, -0.15) is 0 Å². The molecule has 1 saturated heterocycles. The second-order valence-electron chi connectivity index (χ2n) is 9.36. The topological polar surface area (TPSA) is 15.7 Å². The Kier molecular flexibility index (Phi) is 7.02. The van der Waals surface area contributed by atoms with Gasteiger partial charge in [0.05, 0.1) is 5.60 Å². The maximum absolute atomic E-state index is 6.11. The highest BCUT2D eigenvalue weighted by Gasteiger charge is 2.42. The standard InChI is InChI=1S/C26H38N2O/c1-6-28(20-22-10-8-7-9-11-22)18-16-26(17-19-29-25(2,3)21-26)23-12-14-24(15-13-23)27(4)5/h7-15H,6,16-21H2,1-5H3. The largest absolute Gasteiger partial charge is 0.378 e. The van der Waals surface area contributed by atoms with E-state index in [1.54, 1.807) is 0 Å². The molecule has 0 bridgehead atoms. The SMILES string of the molecule is CCN(CCC1(c2ccc(N(C)C)cc2)CCOC(C)(C)C1)Cc1ccccc1. The third kappa shape index (κ3) is 5.61. The van der Waals surface area contributed by atoms with Crippen molar-refractivity contribution in [2.75, 3.05) is 38.7 Å². The summed E-state index contributed by atoms with van der Waals surface area (Å²) in [5.74, 6) is 0.